The van der Waals surface area contributed by atoms with Crippen LogP contribution in [0.25, 0.3) is 11.2 Å². The molecule has 0 atom stereocenters. The summed E-state index contributed by atoms with van der Waals surface area (Å²) in [6.07, 6.45) is 17.2. The molecular formula is C26H27BN4O. The van der Waals surface area contributed by atoms with E-state index in [-0.39, 0.29) is 11.2 Å². The lowest BCUT2D eigenvalue weighted by atomic mass is 9.59. The summed E-state index contributed by atoms with van der Waals surface area (Å²) < 4.78 is 1.99. The molecule has 1 amide bonds. The second-order valence-electron chi connectivity index (χ2n) is 8.32. The van der Waals surface area contributed by atoms with Gasteiger partial charge < -0.3 is 9.30 Å². The summed E-state index contributed by atoms with van der Waals surface area (Å²) >= 11 is 0. The van der Waals surface area contributed by atoms with Crippen LogP contribution in [0.5, 0.6) is 0 Å². The Kier molecular flexibility index (Phi) is 6.40. The van der Waals surface area contributed by atoms with Gasteiger partial charge in [-0.05, 0) is 56.0 Å². The fraction of sp³-hybridized carbons (Fsp3) is 0.269. The van der Waals surface area contributed by atoms with E-state index in [1.54, 1.807) is 24.5 Å². The van der Waals surface area contributed by atoms with Crippen LogP contribution in [-0.2, 0) is 6.42 Å². The van der Waals surface area contributed by atoms with Gasteiger partial charge in [-0.1, -0.05) is 36.2 Å². The number of aromatic nitrogens is 3. The Labute approximate surface area is 190 Å². The minimum atomic E-state index is -0.335. The highest BCUT2D eigenvalue weighted by atomic mass is 16.2. The van der Waals surface area contributed by atoms with Gasteiger partial charge in [0.1, 0.15) is 5.65 Å². The summed E-state index contributed by atoms with van der Waals surface area (Å²) in [5.74, 6) is -0.00609. The standard InChI is InChI=1S/C26H27BN4O/c1-3-6-21(7-4-2)24-22(8-5-12-29-24)25(32)31-15-10-26(27,11-16-31)19-20-9-14-30-17-13-28-23(30)18-20/h3-9,12-14,17-18H,1,10-11,15-16,19H2,2H3/b7-4-,21-6+. The van der Waals surface area contributed by atoms with E-state index < -0.39 is 0 Å². The maximum atomic E-state index is 13.4. The van der Waals surface area contributed by atoms with Gasteiger partial charge in [0, 0.05) is 43.4 Å². The van der Waals surface area contributed by atoms with Crippen LogP contribution in [0.4, 0.5) is 0 Å². The van der Waals surface area contributed by atoms with Crippen molar-refractivity contribution in [3.05, 3.63) is 96.8 Å². The number of rotatable bonds is 6. The van der Waals surface area contributed by atoms with E-state index in [9.17, 15) is 4.79 Å². The molecule has 0 aliphatic carbocycles. The highest BCUT2D eigenvalue weighted by molar-refractivity contribution is 6.15. The van der Waals surface area contributed by atoms with Gasteiger partial charge in [-0.15, -0.1) is 0 Å². The molecular weight excluding hydrogens is 395 g/mol. The first-order chi connectivity index (χ1) is 15.5. The number of imidazole rings is 1. The van der Waals surface area contributed by atoms with Crippen molar-refractivity contribution in [1.82, 2.24) is 19.3 Å². The maximum Gasteiger partial charge on any atom is 0.256 e. The molecule has 0 N–H and O–H groups in total. The summed E-state index contributed by atoms with van der Waals surface area (Å²) in [4.78, 5) is 24.1. The average Bonchev–Trinajstić information content (AvgIpc) is 3.27. The smallest absolute Gasteiger partial charge is 0.256 e. The molecule has 4 rings (SSSR count). The Morgan fingerprint density at radius 2 is 2.03 bits per heavy atom. The first-order valence-electron chi connectivity index (χ1n) is 10.9. The summed E-state index contributed by atoms with van der Waals surface area (Å²) in [5, 5.41) is -0.335. The first-order valence-corrected chi connectivity index (χ1v) is 10.9. The van der Waals surface area contributed by atoms with Crippen molar-refractivity contribution < 1.29 is 4.79 Å². The van der Waals surface area contributed by atoms with E-state index in [1.165, 1.54) is 5.56 Å². The van der Waals surface area contributed by atoms with Crippen LogP contribution in [0, 0.1) is 0 Å². The van der Waals surface area contributed by atoms with Crippen LogP contribution >= 0.6 is 0 Å². The number of pyridine rings is 2. The third-order valence-electron chi connectivity index (χ3n) is 6.02. The van der Waals surface area contributed by atoms with Crippen molar-refractivity contribution in [3.63, 3.8) is 0 Å². The maximum absolute atomic E-state index is 13.4. The van der Waals surface area contributed by atoms with Gasteiger partial charge in [-0.25, -0.2) is 4.98 Å². The molecule has 1 fully saturated rings. The summed E-state index contributed by atoms with van der Waals surface area (Å²) in [5.41, 5.74) is 4.24. The number of likely N-dealkylation sites (tertiary alicyclic amines) is 1. The number of carbonyl (C=O) groups is 1. The number of amides is 1. The van der Waals surface area contributed by atoms with Crippen molar-refractivity contribution in [3.8, 4) is 0 Å². The van der Waals surface area contributed by atoms with E-state index in [0.717, 1.165) is 30.5 Å². The average molecular weight is 422 g/mol. The Balaban J connectivity index is 1.48. The lowest BCUT2D eigenvalue weighted by Gasteiger charge is -2.40. The minimum Gasteiger partial charge on any atom is -0.339 e. The second kappa shape index (κ2) is 9.39. The predicted molar refractivity (Wildman–Crippen MR) is 130 cm³/mol. The van der Waals surface area contributed by atoms with Crippen LogP contribution < -0.4 is 0 Å². The van der Waals surface area contributed by atoms with Crippen molar-refractivity contribution >= 4 is 25.0 Å². The number of fused-ring (bicyclic) bond motifs is 1. The van der Waals surface area contributed by atoms with Gasteiger partial charge in [-0.2, -0.15) is 0 Å². The molecule has 160 valence electrons. The number of piperidine rings is 1. The third-order valence-corrected chi connectivity index (χ3v) is 6.02. The molecule has 1 saturated heterocycles. The van der Waals surface area contributed by atoms with Gasteiger partial charge in [0.05, 0.1) is 19.1 Å². The molecule has 3 aromatic rings. The molecule has 4 heterocycles. The highest BCUT2D eigenvalue weighted by Gasteiger charge is 2.32. The normalized spacial score (nSPS) is 16.5. The van der Waals surface area contributed by atoms with Gasteiger partial charge >= 0.3 is 0 Å². The van der Waals surface area contributed by atoms with Crippen LogP contribution in [0.15, 0.2) is 79.9 Å². The fourth-order valence-electron chi connectivity index (χ4n) is 4.30. The summed E-state index contributed by atoms with van der Waals surface area (Å²) in [6.45, 7) is 6.97. The molecule has 0 unspecified atom stereocenters. The zero-order chi connectivity index (χ0) is 22.6. The molecule has 1 aliphatic rings. The molecule has 0 spiro atoms. The second-order valence-corrected chi connectivity index (χ2v) is 8.32. The Bertz CT molecular complexity index is 1190. The van der Waals surface area contributed by atoms with E-state index in [2.05, 4.69) is 28.7 Å². The SMILES string of the molecule is [B]C1(Cc2ccn3ccnc3c2)CCN(C(=O)c2cccnc2C(/C=C\C)=C/C=C)CC1. The van der Waals surface area contributed by atoms with Crippen molar-refractivity contribution in [2.24, 2.45) is 0 Å². The fourth-order valence-corrected chi connectivity index (χ4v) is 4.30. The number of allylic oxidation sites excluding steroid dienone is 5. The molecule has 0 saturated carbocycles. The van der Waals surface area contributed by atoms with Crippen molar-refractivity contribution in [2.45, 2.75) is 31.5 Å². The monoisotopic (exact) mass is 422 g/mol. The van der Waals surface area contributed by atoms with Gasteiger partial charge in [-0.3, -0.25) is 9.78 Å². The molecule has 1 aliphatic heterocycles. The summed E-state index contributed by atoms with van der Waals surface area (Å²) in [7, 11) is 6.76. The van der Waals surface area contributed by atoms with Gasteiger partial charge in [0.15, 0.2) is 0 Å². The molecule has 2 radical (unpaired) electrons. The van der Waals surface area contributed by atoms with Crippen LogP contribution in [0.2, 0.25) is 5.31 Å². The number of carbonyl (C=O) groups excluding carboxylic acids is 1. The minimum absolute atomic E-state index is 0.00609. The number of hydrogen-bond donors (Lipinski definition) is 0. The molecule has 32 heavy (non-hydrogen) atoms. The molecule has 3 aromatic heterocycles. The van der Waals surface area contributed by atoms with Gasteiger partial charge in [0.25, 0.3) is 5.91 Å². The van der Waals surface area contributed by atoms with E-state index >= 15 is 0 Å². The topological polar surface area (TPSA) is 50.5 Å². The molecule has 5 nitrogen and oxygen atoms in total. The molecule has 6 heteroatoms. The Hall–Kier alpha value is -3.41. The van der Waals surface area contributed by atoms with Crippen molar-refractivity contribution in [1.29, 1.82) is 0 Å². The first kappa shape index (κ1) is 21.8. The van der Waals surface area contributed by atoms with Gasteiger partial charge in [0.2, 0.25) is 0 Å². The van der Waals surface area contributed by atoms with E-state index in [1.807, 2.05) is 52.9 Å². The third kappa shape index (κ3) is 4.59. The van der Waals surface area contributed by atoms with E-state index in [4.69, 9.17) is 7.85 Å². The molecule has 0 bridgehead atoms. The van der Waals surface area contributed by atoms with Crippen molar-refractivity contribution in [2.75, 3.05) is 13.1 Å². The molecule has 0 aromatic carbocycles. The Morgan fingerprint density at radius 1 is 1.22 bits per heavy atom. The number of hydrogen-bond acceptors (Lipinski definition) is 3. The van der Waals surface area contributed by atoms with Crippen LogP contribution in [0.1, 0.15) is 41.4 Å². The zero-order valence-corrected chi connectivity index (χ0v) is 18.4. The highest BCUT2D eigenvalue weighted by Crippen LogP contribution is 2.39. The Morgan fingerprint density at radius 3 is 2.78 bits per heavy atom. The largest absolute Gasteiger partial charge is 0.339 e. The van der Waals surface area contributed by atoms with E-state index in [0.29, 0.717) is 24.3 Å². The quantitative estimate of drug-likeness (QED) is 0.428. The number of nitrogens with zero attached hydrogens (tertiary/aromatic N) is 4. The van der Waals surface area contributed by atoms with Crippen LogP contribution in [0.3, 0.4) is 0 Å². The van der Waals surface area contributed by atoms with Crippen LogP contribution in [-0.4, -0.2) is 46.1 Å². The lowest BCUT2D eigenvalue weighted by molar-refractivity contribution is 0.0698. The predicted octanol–water partition coefficient (Wildman–Crippen LogP) is 4.68. The zero-order valence-electron chi connectivity index (χ0n) is 18.4. The summed E-state index contributed by atoms with van der Waals surface area (Å²) in [6, 6.07) is 7.83. The lowest BCUT2D eigenvalue weighted by Crippen LogP contribution is -2.41.